The molecule has 1 aliphatic heterocycles. The highest BCUT2D eigenvalue weighted by atomic mass is 16.7. The Kier molecular flexibility index (Phi) is 14.7. The van der Waals surface area contributed by atoms with Gasteiger partial charge in [0.2, 0.25) is 5.91 Å². The molecule has 0 spiro atoms. The average Bonchev–Trinajstić information content (AvgIpc) is 3.65. The van der Waals surface area contributed by atoms with Crippen molar-refractivity contribution in [3.8, 4) is 22.6 Å². The molecule has 3 aliphatic carbocycles. The minimum Gasteiger partial charge on any atom is -0.497 e. The second-order valence-corrected chi connectivity index (χ2v) is 19.5. The molecular formula is C52H69N5O7. The summed E-state index contributed by atoms with van der Waals surface area (Å²) in [5.41, 5.74) is 5.92. The van der Waals surface area contributed by atoms with Crippen LogP contribution in [0.5, 0.6) is 11.5 Å². The summed E-state index contributed by atoms with van der Waals surface area (Å²) in [4.78, 5) is 39.4. The van der Waals surface area contributed by atoms with Crippen molar-refractivity contribution in [2.45, 2.75) is 90.4 Å². The number of likely N-dealkylation sites (N-methyl/N-ethyl adjacent to an activating group) is 1. The zero-order valence-electron chi connectivity index (χ0n) is 39.1. The predicted octanol–water partition coefficient (Wildman–Crippen LogP) is 6.57. The SMILES string of the molecule is COc1ccc(COc2c(CN3O[C@@H](CO)[C@H]([C@H](C)O)[C@H]3C(=O)N[C@H]3C[C@H]4C[C@@H]([C@@H]3C)C4(C)C)cccc2-c2cc(C(=O)N[C@@H](Cc3ccccc3)CN(C)C)cc(N(C)C)c2)cc1. The number of nitrogens with zero attached hydrogens (tertiary/aromatic N) is 3. The highest BCUT2D eigenvalue weighted by Gasteiger charge is 2.57. The molecular weight excluding hydrogens is 807 g/mol. The number of rotatable bonds is 18. The van der Waals surface area contributed by atoms with Crippen molar-refractivity contribution in [3.63, 3.8) is 0 Å². The third kappa shape index (κ3) is 10.3. The molecule has 344 valence electrons. The first-order chi connectivity index (χ1) is 30.6. The van der Waals surface area contributed by atoms with E-state index in [4.69, 9.17) is 14.3 Å². The van der Waals surface area contributed by atoms with E-state index in [9.17, 15) is 19.8 Å². The summed E-state index contributed by atoms with van der Waals surface area (Å²) in [6.45, 7) is 9.21. The van der Waals surface area contributed by atoms with Gasteiger partial charge >= 0.3 is 0 Å². The van der Waals surface area contributed by atoms with Crippen LogP contribution in [0.1, 0.15) is 67.6 Å². The number of amides is 2. The van der Waals surface area contributed by atoms with E-state index in [-0.39, 0.29) is 49.1 Å². The number of methoxy groups -OCH3 is 1. The number of carbonyl (C=O) groups excluding carboxylic acids is 2. The van der Waals surface area contributed by atoms with Crippen LogP contribution < -0.4 is 25.0 Å². The van der Waals surface area contributed by atoms with Gasteiger partial charge in [-0.15, -0.1) is 0 Å². The predicted molar refractivity (Wildman–Crippen MR) is 251 cm³/mol. The fourth-order valence-electron chi connectivity index (χ4n) is 10.6. The van der Waals surface area contributed by atoms with E-state index in [0.717, 1.165) is 45.7 Å². The van der Waals surface area contributed by atoms with Gasteiger partial charge in [-0.25, -0.2) is 0 Å². The van der Waals surface area contributed by atoms with Crippen molar-refractivity contribution in [2.75, 3.05) is 53.4 Å². The average molecular weight is 876 g/mol. The van der Waals surface area contributed by atoms with Gasteiger partial charge < -0.3 is 40.1 Å². The van der Waals surface area contributed by atoms with Crippen LogP contribution in [0.15, 0.2) is 91.0 Å². The second-order valence-electron chi connectivity index (χ2n) is 19.5. The molecule has 4 aliphatic rings. The Morgan fingerprint density at radius 3 is 2.31 bits per heavy atom. The largest absolute Gasteiger partial charge is 0.497 e. The molecule has 4 aromatic rings. The summed E-state index contributed by atoms with van der Waals surface area (Å²) in [5.74, 6) is 1.59. The molecule has 12 nitrogen and oxygen atoms in total. The van der Waals surface area contributed by atoms with Crippen LogP contribution in [0.2, 0.25) is 0 Å². The van der Waals surface area contributed by atoms with Crippen LogP contribution >= 0.6 is 0 Å². The summed E-state index contributed by atoms with van der Waals surface area (Å²) < 4.78 is 12.2. The highest BCUT2D eigenvalue weighted by Crippen LogP contribution is 2.61. The lowest BCUT2D eigenvalue weighted by atomic mass is 9.45. The first-order valence-electron chi connectivity index (χ1n) is 22.8. The third-order valence-electron chi connectivity index (χ3n) is 14.3. The first kappa shape index (κ1) is 47.0. The smallest absolute Gasteiger partial charge is 0.251 e. The lowest BCUT2D eigenvalue weighted by Crippen LogP contribution is -2.62. The normalized spacial score (nSPS) is 24.7. The minimum absolute atomic E-state index is 0.00698. The molecule has 0 unspecified atom stereocenters. The van der Waals surface area contributed by atoms with Gasteiger partial charge in [0.05, 0.1) is 26.4 Å². The van der Waals surface area contributed by atoms with Crippen LogP contribution in [0.4, 0.5) is 5.69 Å². The molecule has 4 aromatic carbocycles. The Balaban J connectivity index is 1.24. The van der Waals surface area contributed by atoms with Gasteiger partial charge in [0, 0.05) is 61.0 Å². The van der Waals surface area contributed by atoms with Crippen LogP contribution in [-0.2, 0) is 29.2 Å². The maximum absolute atomic E-state index is 14.6. The lowest BCUT2D eigenvalue weighted by Gasteiger charge is -2.62. The van der Waals surface area contributed by atoms with Gasteiger partial charge in [-0.1, -0.05) is 81.4 Å². The van der Waals surface area contributed by atoms with E-state index in [1.165, 1.54) is 6.42 Å². The zero-order valence-corrected chi connectivity index (χ0v) is 39.1. The number of nitrogens with one attached hydrogen (secondary N) is 2. The van der Waals surface area contributed by atoms with E-state index in [2.05, 4.69) is 48.4 Å². The van der Waals surface area contributed by atoms with Crippen molar-refractivity contribution in [1.29, 1.82) is 0 Å². The molecule has 4 N–H and O–H groups in total. The first-order valence-corrected chi connectivity index (χ1v) is 22.8. The summed E-state index contributed by atoms with van der Waals surface area (Å²) >= 11 is 0. The number of hydrogen-bond donors (Lipinski definition) is 4. The fourth-order valence-corrected chi connectivity index (χ4v) is 10.6. The molecule has 4 fully saturated rings. The minimum atomic E-state index is -0.936. The monoisotopic (exact) mass is 876 g/mol. The molecule has 0 aromatic heterocycles. The topological polar surface area (TPSA) is 136 Å². The number of aliphatic hydroxyl groups is 2. The van der Waals surface area contributed by atoms with Gasteiger partial charge in [0.25, 0.3) is 5.91 Å². The summed E-state index contributed by atoms with van der Waals surface area (Å²) in [5, 5.41) is 30.1. The van der Waals surface area contributed by atoms with E-state index in [1.807, 2.05) is 112 Å². The van der Waals surface area contributed by atoms with Crippen LogP contribution in [0.25, 0.3) is 11.1 Å². The molecule has 1 saturated heterocycles. The van der Waals surface area contributed by atoms with E-state index in [0.29, 0.717) is 42.0 Å². The molecule has 8 rings (SSSR count). The number of anilines is 1. The van der Waals surface area contributed by atoms with Crippen LogP contribution in [-0.4, -0.2) is 111 Å². The van der Waals surface area contributed by atoms with Crippen LogP contribution in [0, 0.1) is 29.1 Å². The fraction of sp³-hybridized carbons (Fsp3) is 0.500. The zero-order chi connectivity index (χ0) is 45.9. The number of fused-ring (bicyclic) bond motifs is 2. The molecule has 2 bridgehead atoms. The number of benzene rings is 4. The molecule has 2 amide bonds. The van der Waals surface area contributed by atoms with Gasteiger partial charge in [-0.05, 0) is 110 Å². The molecule has 9 atom stereocenters. The van der Waals surface area contributed by atoms with Crippen molar-refractivity contribution in [3.05, 3.63) is 113 Å². The van der Waals surface area contributed by atoms with E-state index >= 15 is 0 Å². The Morgan fingerprint density at radius 2 is 1.69 bits per heavy atom. The Morgan fingerprint density at radius 1 is 0.953 bits per heavy atom. The molecule has 0 radical (unpaired) electrons. The van der Waals surface area contributed by atoms with Gasteiger partial charge in [-0.2, -0.15) is 5.06 Å². The van der Waals surface area contributed by atoms with Crippen LogP contribution in [0.3, 0.4) is 0 Å². The van der Waals surface area contributed by atoms with E-state index < -0.39 is 24.2 Å². The van der Waals surface area contributed by atoms with Gasteiger partial charge in [0.1, 0.15) is 30.3 Å². The Bertz CT molecular complexity index is 2210. The quantitative estimate of drug-likeness (QED) is 0.0870. The van der Waals surface area contributed by atoms with Crippen molar-refractivity contribution >= 4 is 17.5 Å². The number of hydrogen-bond acceptors (Lipinski definition) is 10. The number of carbonyl (C=O) groups is 2. The summed E-state index contributed by atoms with van der Waals surface area (Å²) in [7, 11) is 9.54. The van der Waals surface area contributed by atoms with Crippen molar-refractivity contribution in [2.24, 2.45) is 29.1 Å². The highest BCUT2D eigenvalue weighted by molar-refractivity contribution is 5.97. The maximum Gasteiger partial charge on any atom is 0.251 e. The molecule has 3 saturated carbocycles. The Hall–Kier alpha value is -4.98. The van der Waals surface area contributed by atoms with Gasteiger partial charge in [-0.3, -0.25) is 14.4 Å². The summed E-state index contributed by atoms with van der Waals surface area (Å²) in [6.07, 6.45) is 1.05. The lowest BCUT2D eigenvalue weighted by molar-refractivity contribution is -0.183. The molecule has 12 heteroatoms. The van der Waals surface area contributed by atoms with Gasteiger partial charge in [0.15, 0.2) is 0 Å². The molecule has 64 heavy (non-hydrogen) atoms. The van der Waals surface area contributed by atoms with Crippen molar-refractivity contribution in [1.82, 2.24) is 20.6 Å². The standard InChI is InChI=1S/C52H69N5O7/c1-32-44-26-39(52(44,3)4)27-45(32)54-51(61)48-47(33(2)59)46(30-58)64-57(48)28-36-16-13-17-43(49(36)63-31-35-18-20-42(62-9)21-19-35)37-23-38(25-41(24-37)56(7)8)50(60)53-40(29-55(5)6)22-34-14-11-10-12-15-34/h10-21,23-25,32-33,39-40,44-48,58-59H,22,26-31H2,1-9H3,(H,53,60)(H,54,61)/t32-,33-,39+,40-,44-,45-,46-,47-,48-/m0/s1. The summed E-state index contributed by atoms with van der Waals surface area (Å²) in [6, 6.07) is 28.6. The molecule has 1 heterocycles. The maximum atomic E-state index is 14.6. The Labute approximate surface area is 379 Å². The van der Waals surface area contributed by atoms with Crippen molar-refractivity contribution < 1.29 is 34.1 Å². The number of aliphatic hydroxyl groups excluding tert-OH is 2. The number of hydroxylamine groups is 2. The van der Waals surface area contributed by atoms with E-state index in [1.54, 1.807) is 19.1 Å². The number of ether oxygens (including phenoxy) is 2. The second kappa shape index (κ2) is 20.0. The third-order valence-corrected chi connectivity index (χ3v) is 14.3. The number of para-hydroxylation sites is 1.